The van der Waals surface area contributed by atoms with Crippen molar-refractivity contribution in [1.82, 2.24) is 5.32 Å². The van der Waals surface area contributed by atoms with Crippen LogP contribution in [0.1, 0.15) is 63.5 Å². The lowest BCUT2D eigenvalue weighted by Gasteiger charge is -2.60. The van der Waals surface area contributed by atoms with E-state index in [1.165, 1.54) is 44.1 Å². The van der Waals surface area contributed by atoms with E-state index < -0.39 is 0 Å². The van der Waals surface area contributed by atoms with Crippen molar-refractivity contribution >= 4 is 21.8 Å². The van der Waals surface area contributed by atoms with Crippen molar-refractivity contribution < 1.29 is 4.79 Å². The Hall–Kier alpha value is -0.830. The van der Waals surface area contributed by atoms with Crippen LogP contribution in [0.2, 0.25) is 0 Å². The van der Waals surface area contributed by atoms with Gasteiger partial charge in [-0.2, -0.15) is 0 Å². The molecule has 0 heterocycles. The molecule has 0 aromatic heterocycles. The Kier molecular flexibility index (Phi) is 3.83. The number of carbonyl (C=O) groups is 1. The number of rotatable bonds is 4. The molecule has 5 rings (SSSR count). The summed E-state index contributed by atoms with van der Waals surface area (Å²) in [5.74, 6) is 1.92. The highest BCUT2D eigenvalue weighted by Crippen LogP contribution is 2.65. The molecule has 3 heteroatoms. The van der Waals surface area contributed by atoms with Gasteiger partial charge in [0.25, 0.3) is 0 Å². The van der Waals surface area contributed by atoms with Crippen LogP contribution >= 0.6 is 15.9 Å². The van der Waals surface area contributed by atoms with Crippen molar-refractivity contribution in [3.63, 3.8) is 0 Å². The summed E-state index contributed by atoms with van der Waals surface area (Å²) in [6, 6.07) is 10.3. The molecule has 0 radical (unpaired) electrons. The Bertz CT molecular complexity index is 585. The Labute approximate surface area is 147 Å². The van der Waals surface area contributed by atoms with E-state index in [0.29, 0.717) is 10.7 Å². The topological polar surface area (TPSA) is 29.1 Å². The molecule has 3 unspecified atom stereocenters. The summed E-state index contributed by atoms with van der Waals surface area (Å²) in [5.41, 5.74) is 1.44. The monoisotopic (exact) mass is 375 g/mol. The van der Waals surface area contributed by atoms with Crippen LogP contribution in [0.15, 0.2) is 30.3 Å². The lowest BCUT2D eigenvalue weighted by atomic mass is 9.48. The minimum atomic E-state index is 0.0931. The average Bonchev–Trinajstić information content (AvgIpc) is 2.44. The minimum Gasteiger partial charge on any atom is -0.350 e. The smallest absolute Gasteiger partial charge is 0.221 e. The first-order valence-corrected chi connectivity index (χ1v) is 9.78. The van der Waals surface area contributed by atoms with Gasteiger partial charge in [0.15, 0.2) is 0 Å². The van der Waals surface area contributed by atoms with Gasteiger partial charge in [-0.15, -0.1) is 0 Å². The van der Waals surface area contributed by atoms with Crippen LogP contribution in [0, 0.1) is 17.3 Å². The summed E-state index contributed by atoms with van der Waals surface area (Å²) in [6.07, 6.45) is 8.50. The summed E-state index contributed by atoms with van der Waals surface area (Å²) in [4.78, 5) is 12.7. The maximum absolute atomic E-state index is 12.7. The first kappa shape index (κ1) is 15.7. The van der Waals surface area contributed by atoms with Gasteiger partial charge >= 0.3 is 0 Å². The van der Waals surface area contributed by atoms with Crippen molar-refractivity contribution in [2.24, 2.45) is 17.3 Å². The van der Waals surface area contributed by atoms with Crippen molar-refractivity contribution in [1.29, 1.82) is 0 Å². The number of amides is 1. The summed E-state index contributed by atoms with van der Waals surface area (Å²) < 4.78 is 0.336. The zero-order valence-electron chi connectivity index (χ0n) is 13.9. The van der Waals surface area contributed by atoms with Crippen LogP contribution in [0.5, 0.6) is 0 Å². The number of nitrogens with one attached hydrogen (secondary N) is 1. The van der Waals surface area contributed by atoms with E-state index in [1.807, 2.05) is 18.2 Å². The largest absolute Gasteiger partial charge is 0.350 e. The zero-order chi connectivity index (χ0) is 16.1. The van der Waals surface area contributed by atoms with Crippen LogP contribution < -0.4 is 5.32 Å². The van der Waals surface area contributed by atoms with E-state index in [9.17, 15) is 4.79 Å². The fourth-order valence-electron chi connectivity index (χ4n) is 6.00. The van der Waals surface area contributed by atoms with Gasteiger partial charge < -0.3 is 5.32 Å². The Balaban J connectivity index is 1.43. The zero-order valence-corrected chi connectivity index (χ0v) is 15.4. The fourth-order valence-corrected chi connectivity index (χ4v) is 7.51. The van der Waals surface area contributed by atoms with Gasteiger partial charge in [0.2, 0.25) is 5.91 Å². The molecule has 3 atom stereocenters. The van der Waals surface area contributed by atoms with Gasteiger partial charge in [-0.3, -0.25) is 4.79 Å². The molecule has 1 aromatic carbocycles. The molecule has 1 amide bonds. The van der Waals surface area contributed by atoms with Crippen LogP contribution in [0.3, 0.4) is 0 Å². The van der Waals surface area contributed by atoms with Crippen molar-refractivity contribution in [2.45, 2.75) is 62.2 Å². The van der Waals surface area contributed by atoms with Gasteiger partial charge in [-0.1, -0.05) is 46.3 Å². The normalized spacial score (nSPS) is 39.2. The van der Waals surface area contributed by atoms with Gasteiger partial charge in [0.05, 0.1) is 6.04 Å². The predicted molar refractivity (Wildman–Crippen MR) is 96.4 cm³/mol. The summed E-state index contributed by atoms with van der Waals surface area (Å²) in [5, 5.41) is 3.23. The van der Waals surface area contributed by atoms with Gasteiger partial charge in [0, 0.05) is 10.7 Å². The molecule has 2 nitrogen and oxygen atoms in total. The molecule has 23 heavy (non-hydrogen) atoms. The van der Waals surface area contributed by atoms with Crippen LogP contribution in [-0.4, -0.2) is 10.2 Å². The molecule has 4 fully saturated rings. The first-order valence-electron chi connectivity index (χ1n) is 8.99. The van der Waals surface area contributed by atoms with E-state index in [4.69, 9.17) is 0 Å². The number of hydrogen-bond donors (Lipinski definition) is 1. The van der Waals surface area contributed by atoms with Gasteiger partial charge in [0.1, 0.15) is 0 Å². The maximum Gasteiger partial charge on any atom is 0.221 e. The number of carbonyl (C=O) groups excluding carboxylic acids is 1. The molecule has 4 saturated carbocycles. The van der Waals surface area contributed by atoms with Crippen molar-refractivity contribution in [3.05, 3.63) is 35.9 Å². The second kappa shape index (κ2) is 5.61. The molecule has 0 aliphatic heterocycles. The summed E-state index contributed by atoms with van der Waals surface area (Å²) in [6.45, 7) is 2.08. The minimum absolute atomic E-state index is 0.0931. The molecule has 4 aliphatic rings. The SMILES string of the molecule is CC(NC(=O)CC12CC3CC(CC(Br)(C3)C1)C2)c1ccccc1. The van der Waals surface area contributed by atoms with E-state index in [1.54, 1.807) is 0 Å². The highest BCUT2D eigenvalue weighted by atomic mass is 79.9. The summed E-state index contributed by atoms with van der Waals surface area (Å²) >= 11 is 4.04. The van der Waals surface area contributed by atoms with Crippen LogP contribution in [0.4, 0.5) is 0 Å². The molecule has 4 aliphatic carbocycles. The number of halogens is 1. The maximum atomic E-state index is 12.7. The molecule has 0 saturated heterocycles. The predicted octanol–water partition coefficient (Wildman–Crippen LogP) is 4.99. The fraction of sp³-hybridized carbons (Fsp3) is 0.650. The number of benzene rings is 1. The molecular formula is C20H26BrNO. The van der Waals surface area contributed by atoms with Crippen LogP contribution in [0.25, 0.3) is 0 Å². The standard InChI is InChI=1S/C20H26BrNO/c1-14(17-5-3-2-4-6-17)22-18(23)12-19-8-15-7-16(9-19)11-20(21,10-15)13-19/h2-6,14-16H,7-13H2,1H3,(H,22,23). The average molecular weight is 376 g/mol. The van der Waals surface area contributed by atoms with E-state index in [2.05, 4.69) is 40.3 Å². The molecule has 1 N–H and O–H groups in total. The second-order valence-electron chi connectivity index (χ2n) is 8.49. The third-order valence-electron chi connectivity index (χ3n) is 6.32. The van der Waals surface area contributed by atoms with Crippen molar-refractivity contribution in [3.8, 4) is 0 Å². The van der Waals surface area contributed by atoms with E-state index in [0.717, 1.165) is 11.8 Å². The number of alkyl halides is 1. The Morgan fingerprint density at radius 1 is 1.22 bits per heavy atom. The molecule has 0 spiro atoms. The first-order chi connectivity index (χ1) is 11.0. The lowest BCUT2D eigenvalue weighted by Crippen LogP contribution is -2.54. The number of hydrogen-bond acceptors (Lipinski definition) is 1. The Morgan fingerprint density at radius 3 is 2.48 bits per heavy atom. The third-order valence-corrected chi connectivity index (χ3v) is 7.25. The summed E-state index contributed by atoms with van der Waals surface area (Å²) in [7, 11) is 0. The van der Waals surface area contributed by atoms with Crippen LogP contribution in [-0.2, 0) is 4.79 Å². The quantitative estimate of drug-likeness (QED) is 0.737. The molecule has 1 aromatic rings. The van der Waals surface area contributed by atoms with Crippen molar-refractivity contribution in [2.75, 3.05) is 0 Å². The Morgan fingerprint density at radius 2 is 1.87 bits per heavy atom. The molecular weight excluding hydrogens is 350 g/mol. The highest BCUT2D eigenvalue weighted by molar-refractivity contribution is 9.10. The van der Waals surface area contributed by atoms with E-state index >= 15 is 0 Å². The molecule has 124 valence electrons. The third kappa shape index (κ3) is 3.09. The lowest BCUT2D eigenvalue weighted by molar-refractivity contribution is -0.128. The highest BCUT2D eigenvalue weighted by Gasteiger charge is 2.57. The second-order valence-corrected chi connectivity index (χ2v) is 10.2. The van der Waals surface area contributed by atoms with E-state index in [-0.39, 0.29) is 17.4 Å². The molecule has 4 bridgehead atoms. The van der Waals surface area contributed by atoms with Gasteiger partial charge in [-0.25, -0.2) is 0 Å². The van der Waals surface area contributed by atoms with Gasteiger partial charge in [-0.05, 0) is 68.3 Å².